The number of nitrogens with zero attached hydrogens (tertiary/aromatic N) is 1. The summed E-state index contributed by atoms with van der Waals surface area (Å²) in [6.07, 6.45) is 0. The fraction of sp³-hybridized carbons (Fsp3) is 0.250. The van der Waals surface area contributed by atoms with Crippen LogP contribution in [0.25, 0.3) is 0 Å². The third kappa shape index (κ3) is 7.87. The first-order valence-electron chi connectivity index (χ1n) is 9.76. The highest BCUT2D eigenvalue weighted by Gasteiger charge is 2.32. The van der Waals surface area contributed by atoms with Crippen LogP contribution in [0.15, 0.2) is 88.7 Å². The normalized spacial score (nSPS) is 11.1. The van der Waals surface area contributed by atoms with Crippen LogP contribution in [0.1, 0.15) is 16.7 Å². The molecule has 0 radical (unpaired) electrons. The third-order valence-electron chi connectivity index (χ3n) is 4.26. The van der Waals surface area contributed by atoms with Crippen LogP contribution in [-0.4, -0.2) is 41.8 Å². The zero-order valence-electron chi connectivity index (χ0n) is 19.3. The van der Waals surface area contributed by atoms with Crippen LogP contribution < -0.4 is 0 Å². The number of sulfonamides is 2. The molecule has 0 aromatic heterocycles. The topological polar surface area (TPSA) is 80.8 Å². The van der Waals surface area contributed by atoms with Crippen molar-refractivity contribution < 1.29 is 21.6 Å². The van der Waals surface area contributed by atoms with E-state index in [9.17, 15) is 16.8 Å². The van der Waals surface area contributed by atoms with Gasteiger partial charge in [0.2, 0.25) is 0 Å². The van der Waals surface area contributed by atoms with Crippen molar-refractivity contribution in [1.29, 1.82) is 0 Å². The number of benzene rings is 3. The first-order chi connectivity index (χ1) is 15.0. The maximum absolute atomic E-state index is 12.5. The van der Waals surface area contributed by atoms with Gasteiger partial charge in [-0.05, 0) is 45.0 Å². The Labute approximate surface area is 192 Å². The SMILES string of the molecule is COC.Cc1ccc(S(=O)(=O)N(C)S(=O)(=O)c2ccc(C)cc2)cc1.Cc1ccccc1. The fourth-order valence-corrected chi connectivity index (χ4v) is 5.48. The molecule has 0 aliphatic rings. The Hall–Kier alpha value is -2.52. The van der Waals surface area contributed by atoms with E-state index in [2.05, 4.69) is 23.8 Å². The molecule has 32 heavy (non-hydrogen) atoms. The molecule has 0 saturated carbocycles. The van der Waals surface area contributed by atoms with E-state index >= 15 is 0 Å². The van der Waals surface area contributed by atoms with Gasteiger partial charge in [0.05, 0.1) is 9.79 Å². The van der Waals surface area contributed by atoms with Gasteiger partial charge in [-0.2, -0.15) is 0 Å². The predicted octanol–water partition coefficient (Wildman–Crippen LogP) is 4.57. The van der Waals surface area contributed by atoms with Crippen molar-refractivity contribution in [3.63, 3.8) is 0 Å². The second-order valence-electron chi connectivity index (χ2n) is 7.08. The summed E-state index contributed by atoms with van der Waals surface area (Å²) in [6.45, 7) is 5.73. The summed E-state index contributed by atoms with van der Waals surface area (Å²) in [4.78, 5) is -0.118. The lowest BCUT2D eigenvalue weighted by Crippen LogP contribution is -2.33. The second kappa shape index (κ2) is 12.5. The lowest BCUT2D eigenvalue weighted by atomic mass is 10.2. The molecule has 6 nitrogen and oxygen atoms in total. The molecular weight excluding hydrogens is 446 g/mol. The molecule has 0 saturated heterocycles. The van der Waals surface area contributed by atoms with Gasteiger partial charge < -0.3 is 4.74 Å². The van der Waals surface area contributed by atoms with Crippen molar-refractivity contribution in [2.24, 2.45) is 0 Å². The number of rotatable bonds is 4. The zero-order valence-corrected chi connectivity index (χ0v) is 20.9. The molecule has 0 heterocycles. The summed E-state index contributed by atoms with van der Waals surface area (Å²) in [5.41, 5.74) is 3.11. The summed E-state index contributed by atoms with van der Waals surface area (Å²) in [7, 11) is -3.96. The summed E-state index contributed by atoms with van der Waals surface area (Å²) < 4.78 is 54.6. The first kappa shape index (κ1) is 27.5. The minimum atomic E-state index is -4.13. The van der Waals surface area contributed by atoms with Gasteiger partial charge in [0.1, 0.15) is 0 Å². The number of hydrogen-bond acceptors (Lipinski definition) is 5. The molecule has 0 aliphatic heterocycles. The van der Waals surface area contributed by atoms with Crippen LogP contribution in [0.3, 0.4) is 0 Å². The molecular formula is C24H31NO5S2. The van der Waals surface area contributed by atoms with Crippen molar-refractivity contribution in [2.45, 2.75) is 30.6 Å². The molecule has 0 atom stereocenters. The molecule has 3 aromatic carbocycles. The minimum absolute atomic E-state index is 0.0590. The van der Waals surface area contributed by atoms with E-state index in [1.807, 2.05) is 32.0 Å². The summed E-state index contributed by atoms with van der Waals surface area (Å²) >= 11 is 0. The second-order valence-corrected chi connectivity index (χ2v) is 11.2. The smallest absolute Gasteiger partial charge is 0.256 e. The van der Waals surface area contributed by atoms with Gasteiger partial charge in [-0.25, -0.2) is 16.8 Å². The largest absolute Gasteiger partial charge is 0.388 e. The molecule has 174 valence electrons. The Morgan fingerprint density at radius 1 is 0.562 bits per heavy atom. The first-order valence-corrected chi connectivity index (χ1v) is 12.6. The Balaban J connectivity index is 0.000000424. The number of aryl methyl sites for hydroxylation is 3. The maximum Gasteiger partial charge on any atom is 0.256 e. The third-order valence-corrected chi connectivity index (χ3v) is 8.52. The average Bonchev–Trinajstić information content (AvgIpc) is 2.75. The Kier molecular flexibility index (Phi) is 10.7. The van der Waals surface area contributed by atoms with Crippen molar-refractivity contribution in [3.05, 3.63) is 95.6 Å². The molecule has 0 aliphatic carbocycles. The predicted molar refractivity (Wildman–Crippen MR) is 129 cm³/mol. The molecule has 0 amide bonds. The van der Waals surface area contributed by atoms with E-state index in [-0.39, 0.29) is 9.79 Å². The monoisotopic (exact) mass is 477 g/mol. The number of methoxy groups -OCH3 is 1. The highest BCUT2D eigenvalue weighted by atomic mass is 32.3. The van der Waals surface area contributed by atoms with Crippen molar-refractivity contribution in [2.75, 3.05) is 21.3 Å². The lowest BCUT2D eigenvalue weighted by Gasteiger charge is -2.17. The molecule has 0 fully saturated rings. The van der Waals surface area contributed by atoms with Crippen LogP contribution >= 0.6 is 0 Å². The Morgan fingerprint density at radius 3 is 1.09 bits per heavy atom. The zero-order chi connectivity index (χ0) is 24.4. The fourth-order valence-electron chi connectivity index (χ4n) is 2.38. The minimum Gasteiger partial charge on any atom is -0.388 e. The number of ether oxygens (including phenoxy) is 1. The van der Waals surface area contributed by atoms with E-state index in [1.54, 1.807) is 38.5 Å². The molecule has 0 bridgehead atoms. The molecule has 0 N–H and O–H groups in total. The van der Waals surface area contributed by atoms with Crippen LogP contribution in [0, 0.1) is 20.8 Å². The standard InChI is InChI=1S/C15H17NO4S2.C7H8.C2H6O/c1-12-4-8-14(9-5-12)21(17,18)16(3)22(19,20)15-10-6-13(2)7-11-15;1-7-5-3-2-4-6-7;1-3-2/h4-11H,1-3H3;2-6H,1H3;1-2H3. The van der Waals surface area contributed by atoms with Gasteiger partial charge in [-0.15, -0.1) is 0 Å². The quantitative estimate of drug-likeness (QED) is 0.550. The van der Waals surface area contributed by atoms with E-state index in [1.165, 1.54) is 29.8 Å². The summed E-state index contributed by atoms with van der Waals surface area (Å²) in [5, 5.41) is 0. The molecule has 3 aromatic rings. The van der Waals surface area contributed by atoms with Crippen LogP contribution in [0.4, 0.5) is 0 Å². The highest BCUT2D eigenvalue weighted by molar-refractivity contribution is 8.04. The molecule has 3 rings (SSSR count). The van der Waals surface area contributed by atoms with Gasteiger partial charge in [0.25, 0.3) is 20.0 Å². The van der Waals surface area contributed by atoms with Gasteiger partial charge in [0, 0.05) is 21.3 Å². The van der Waals surface area contributed by atoms with Crippen molar-refractivity contribution >= 4 is 20.0 Å². The van der Waals surface area contributed by atoms with Gasteiger partial charge in [-0.3, -0.25) is 0 Å². The molecule has 0 unspecified atom stereocenters. The van der Waals surface area contributed by atoms with Crippen molar-refractivity contribution in [1.82, 2.24) is 3.71 Å². The van der Waals surface area contributed by atoms with Crippen molar-refractivity contribution in [3.8, 4) is 0 Å². The van der Waals surface area contributed by atoms with E-state index in [4.69, 9.17) is 0 Å². The van der Waals surface area contributed by atoms with Gasteiger partial charge in [0.15, 0.2) is 0 Å². The number of hydrogen-bond donors (Lipinski definition) is 0. The Morgan fingerprint density at radius 2 is 0.844 bits per heavy atom. The van der Waals surface area contributed by atoms with Gasteiger partial charge in [-0.1, -0.05) is 75.0 Å². The summed E-state index contributed by atoms with van der Waals surface area (Å²) in [5.74, 6) is 0. The average molecular weight is 478 g/mol. The molecule has 8 heteroatoms. The molecule has 0 spiro atoms. The van der Waals surface area contributed by atoms with E-state index in [0.717, 1.165) is 18.2 Å². The highest BCUT2D eigenvalue weighted by Crippen LogP contribution is 2.23. The van der Waals surface area contributed by atoms with Crippen LogP contribution in [-0.2, 0) is 24.8 Å². The van der Waals surface area contributed by atoms with Crippen LogP contribution in [0.5, 0.6) is 0 Å². The maximum atomic E-state index is 12.5. The van der Waals surface area contributed by atoms with E-state index in [0.29, 0.717) is 3.71 Å². The van der Waals surface area contributed by atoms with E-state index < -0.39 is 20.0 Å². The Bertz CT molecular complexity index is 1080. The van der Waals surface area contributed by atoms with Crippen LogP contribution in [0.2, 0.25) is 0 Å². The van der Waals surface area contributed by atoms with Gasteiger partial charge >= 0.3 is 0 Å². The lowest BCUT2D eigenvalue weighted by molar-refractivity contribution is 0.277. The summed E-state index contributed by atoms with van der Waals surface area (Å²) in [6, 6.07) is 22.3.